The number of aliphatic hydroxyl groups excluding tert-OH is 1. The fourth-order valence-corrected chi connectivity index (χ4v) is 3.50. The molecule has 1 aliphatic rings. The molecule has 1 aliphatic heterocycles. The highest BCUT2D eigenvalue weighted by atomic mass is 32.2. The number of thioether (sulfide) groups is 1. The van der Waals surface area contributed by atoms with Gasteiger partial charge < -0.3 is 10.4 Å². The van der Waals surface area contributed by atoms with Gasteiger partial charge in [-0.25, -0.2) is 8.78 Å². The molecule has 0 saturated carbocycles. The first-order valence-electron chi connectivity index (χ1n) is 6.62. The van der Waals surface area contributed by atoms with Crippen molar-refractivity contribution in [2.24, 2.45) is 0 Å². The lowest BCUT2D eigenvalue weighted by atomic mass is 10.1. The van der Waals surface area contributed by atoms with Crippen LogP contribution < -0.4 is 5.32 Å². The largest absolute Gasteiger partial charge is 0.387 e. The molecular weight excluding hydrogens is 268 g/mol. The second-order valence-electron chi connectivity index (χ2n) is 4.83. The van der Waals surface area contributed by atoms with Gasteiger partial charge in [-0.15, -0.1) is 0 Å². The van der Waals surface area contributed by atoms with E-state index in [9.17, 15) is 13.9 Å². The molecule has 1 aromatic carbocycles. The second-order valence-corrected chi connectivity index (χ2v) is 6.24. The lowest BCUT2D eigenvalue weighted by molar-refractivity contribution is 0.169. The lowest BCUT2D eigenvalue weighted by Gasteiger charge is -2.22. The first kappa shape index (κ1) is 14.8. The molecule has 2 unspecified atom stereocenters. The number of rotatable bonds is 5. The van der Waals surface area contributed by atoms with Gasteiger partial charge in [-0.2, -0.15) is 11.8 Å². The van der Waals surface area contributed by atoms with Crippen LogP contribution in [0.1, 0.15) is 30.9 Å². The van der Waals surface area contributed by atoms with Crippen LogP contribution in [0, 0.1) is 11.6 Å². The van der Waals surface area contributed by atoms with Crippen molar-refractivity contribution in [1.82, 2.24) is 5.32 Å². The van der Waals surface area contributed by atoms with E-state index in [0.29, 0.717) is 5.25 Å². The normalized spacial score (nSPS) is 21.3. The first-order valence-corrected chi connectivity index (χ1v) is 7.67. The van der Waals surface area contributed by atoms with E-state index >= 15 is 0 Å². The summed E-state index contributed by atoms with van der Waals surface area (Å²) >= 11 is 1.94. The third-order valence-corrected chi connectivity index (χ3v) is 4.70. The predicted octanol–water partition coefficient (Wildman–Crippen LogP) is 2.87. The van der Waals surface area contributed by atoms with E-state index in [1.807, 2.05) is 11.8 Å². The van der Waals surface area contributed by atoms with E-state index in [2.05, 4.69) is 5.32 Å². The summed E-state index contributed by atoms with van der Waals surface area (Å²) in [5.41, 5.74) is 0.0174. The maximum Gasteiger partial charge on any atom is 0.129 e. The Kier molecular flexibility index (Phi) is 5.60. The van der Waals surface area contributed by atoms with Gasteiger partial charge in [-0.1, -0.05) is 6.42 Å². The Bertz CT molecular complexity index is 410. The van der Waals surface area contributed by atoms with Crippen molar-refractivity contribution >= 4 is 11.8 Å². The van der Waals surface area contributed by atoms with E-state index in [0.717, 1.165) is 24.7 Å². The summed E-state index contributed by atoms with van der Waals surface area (Å²) < 4.78 is 26.5. The molecule has 2 N–H and O–H groups in total. The fourth-order valence-electron chi connectivity index (χ4n) is 2.23. The number of halogens is 2. The zero-order valence-electron chi connectivity index (χ0n) is 10.7. The summed E-state index contributed by atoms with van der Waals surface area (Å²) in [6, 6.07) is 3.15. The van der Waals surface area contributed by atoms with Gasteiger partial charge in [0.05, 0.1) is 6.10 Å². The van der Waals surface area contributed by atoms with Gasteiger partial charge in [0.1, 0.15) is 11.6 Å². The summed E-state index contributed by atoms with van der Waals surface area (Å²) in [4.78, 5) is 0. The number of aliphatic hydroxyl groups is 1. The van der Waals surface area contributed by atoms with Crippen LogP contribution >= 0.6 is 11.8 Å². The molecule has 0 aromatic heterocycles. The molecule has 5 heteroatoms. The molecule has 0 aliphatic carbocycles. The molecule has 2 nitrogen and oxygen atoms in total. The third kappa shape index (κ3) is 4.44. The van der Waals surface area contributed by atoms with E-state index in [1.165, 1.54) is 25.0 Å². The minimum absolute atomic E-state index is 0.0174. The van der Waals surface area contributed by atoms with Gasteiger partial charge in [0.15, 0.2) is 0 Å². The third-order valence-electron chi connectivity index (χ3n) is 3.30. The Hall–Kier alpha value is -0.650. The van der Waals surface area contributed by atoms with Gasteiger partial charge in [0.25, 0.3) is 0 Å². The smallest absolute Gasteiger partial charge is 0.129 e. The molecule has 0 spiro atoms. The molecule has 19 heavy (non-hydrogen) atoms. The maximum absolute atomic E-state index is 13.4. The molecular formula is C14H19F2NOS. The maximum atomic E-state index is 13.4. The minimum Gasteiger partial charge on any atom is -0.387 e. The van der Waals surface area contributed by atoms with Crippen LogP contribution in [0.5, 0.6) is 0 Å². The molecule has 0 radical (unpaired) electrons. The second kappa shape index (κ2) is 7.22. The number of benzene rings is 1. The monoisotopic (exact) mass is 287 g/mol. The van der Waals surface area contributed by atoms with Crippen LogP contribution in [0.3, 0.4) is 0 Å². The van der Waals surface area contributed by atoms with E-state index in [1.54, 1.807) is 0 Å². The summed E-state index contributed by atoms with van der Waals surface area (Å²) in [7, 11) is 0. The minimum atomic E-state index is -1.01. The Morgan fingerprint density at radius 1 is 1.37 bits per heavy atom. The van der Waals surface area contributed by atoms with Gasteiger partial charge in [-0.05, 0) is 36.8 Å². The van der Waals surface area contributed by atoms with Crippen LogP contribution in [0.25, 0.3) is 0 Å². The molecule has 0 amide bonds. The van der Waals surface area contributed by atoms with Crippen molar-refractivity contribution in [3.05, 3.63) is 35.4 Å². The van der Waals surface area contributed by atoms with Crippen molar-refractivity contribution in [3.63, 3.8) is 0 Å². The molecule has 0 bridgehead atoms. The standard InChI is InChI=1S/C14H19F2NOS/c15-10-4-5-13(16)12(7-10)14(18)9-17-8-11-3-1-2-6-19-11/h4-5,7,11,14,17-18H,1-3,6,8-9H2. The topological polar surface area (TPSA) is 32.3 Å². The highest BCUT2D eigenvalue weighted by Gasteiger charge is 2.16. The molecule has 1 saturated heterocycles. The first-order chi connectivity index (χ1) is 9.16. The van der Waals surface area contributed by atoms with E-state index < -0.39 is 17.7 Å². The molecule has 2 atom stereocenters. The lowest BCUT2D eigenvalue weighted by Crippen LogP contribution is -2.30. The van der Waals surface area contributed by atoms with Gasteiger partial charge in [-0.3, -0.25) is 0 Å². The van der Waals surface area contributed by atoms with Gasteiger partial charge >= 0.3 is 0 Å². The van der Waals surface area contributed by atoms with Gasteiger partial charge in [0.2, 0.25) is 0 Å². The number of nitrogens with one attached hydrogen (secondary N) is 1. The van der Waals surface area contributed by atoms with Crippen LogP contribution in [0.4, 0.5) is 8.78 Å². The summed E-state index contributed by atoms with van der Waals surface area (Å²) in [6.45, 7) is 1.05. The van der Waals surface area contributed by atoms with Gasteiger partial charge in [0, 0.05) is 23.9 Å². The summed E-state index contributed by atoms with van der Waals surface area (Å²) in [6.07, 6.45) is 2.70. The average Bonchev–Trinajstić information content (AvgIpc) is 2.42. The Balaban J connectivity index is 1.80. The molecule has 106 valence electrons. The summed E-state index contributed by atoms with van der Waals surface area (Å²) in [5, 5.41) is 13.6. The predicted molar refractivity (Wildman–Crippen MR) is 74.3 cm³/mol. The SMILES string of the molecule is OC(CNCC1CCCCS1)c1cc(F)ccc1F. The number of hydrogen-bond donors (Lipinski definition) is 2. The van der Waals surface area contributed by atoms with Crippen LogP contribution in [0.2, 0.25) is 0 Å². The average molecular weight is 287 g/mol. The molecule has 2 rings (SSSR count). The zero-order valence-corrected chi connectivity index (χ0v) is 11.6. The molecule has 1 aromatic rings. The van der Waals surface area contributed by atoms with Crippen molar-refractivity contribution in [1.29, 1.82) is 0 Å². The van der Waals surface area contributed by atoms with E-state index in [4.69, 9.17) is 0 Å². The molecule has 1 fully saturated rings. The van der Waals surface area contributed by atoms with Crippen LogP contribution in [-0.4, -0.2) is 29.2 Å². The quantitative estimate of drug-likeness (QED) is 0.873. The van der Waals surface area contributed by atoms with Crippen molar-refractivity contribution in [3.8, 4) is 0 Å². The van der Waals surface area contributed by atoms with Crippen LogP contribution in [0.15, 0.2) is 18.2 Å². The van der Waals surface area contributed by atoms with Crippen molar-refractivity contribution in [2.45, 2.75) is 30.6 Å². The number of hydrogen-bond acceptors (Lipinski definition) is 3. The highest BCUT2D eigenvalue weighted by molar-refractivity contribution is 7.99. The Morgan fingerprint density at radius 3 is 2.95 bits per heavy atom. The fraction of sp³-hybridized carbons (Fsp3) is 0.571. The highest BCUT2D eigenvalue weighted by Crippen LogP contribution is 2.24. The van der Waals surface area contributed by atoms with Crippen molar-refractivity contribution in [2.75, 3.05) is 18.8 Å². The van der Waals surface area contributed by atoms with Crippen molar-refractivity contribution < 1.29 is 13.9 Å². The van der Waals surface area contributed by atoms with Crippen LogP contribution in [-0.2, 0) is 0 Å². The van der Waals surface area contributed by atoms with E-state index in [-0.39, 0.29) is 12.1 Å². The Labute approximate surface area is 116 Å². The Morgan fingerprint density at radius 2 is 2.21 bits per heavy atom. The zero-order chi connectivity index (χ0) is 13.7. The molecule has 1 heterocycles. The summed E-state index contributed by atoms with van der Waals surface area (Å²) in [5.74, 6) is 0.0917.